The van der Waals surface area contributed by atoms with Crippen molar-refractivity contribution in [1.29, 1.82) is 0 Å². The molecule has 2 aromatic carbocycles. The van der Waals surface area contributed by atoms with Crippen LogP contribution in [0.3, 0.4) is 0 Å². The molecule has 0 aromatic heterocycles. The first kappa shape index (κ1) is 14.2. The van der Waals surface area contributed by atoms with E-state index in [4.69, 9.17) is 5.73 Å². The average molecular weight is 284 g/mol. The summed E-state index contributed by atoms with van der Waals surface area (Å²) in [5.41, 5.74) is 8.72. The third-order valence-corrected chi connectivity index (χ3v) is 4.15. The summed E-state index contributed by atoms with van der Waals surface area (Å²) in [6.07, 6.45) is 0.969. The van der Waals surface area contributed by atoms with Crippen molar-refractivity contribution in [3.63, 3.8) is 0 Å². The van der Waals surface area contributed by atoms with Gasteiger partial charge in [0.25, 0.3) is 0 Å². The Bertz CT molecular complexity index is 568. The summed E-state index contributed by atoms with van der Waals surface area (Å²) in [6.45, 7) is 2.83. The highest BCUT2D eigenvalue weighted by molar-refractivity contribution is 5.22. The van der Waals surface area contributed by atoms with Crippen LogP contribution in [0.2, 0.25) is 0 Å². The smallest absolute Gasteiger partial charge is 0.123 e. The van der Waals surface area contributed by atoms with Crippen molar-refractivity contribution in [3.8, 4) is 0 Å². The van der Waals surface area contributed by atoms with E-state index in [1.54, 1.807) is 0 Å². The molecule has 0 aliphatic carbocycles. The normalized spacial score (nSPS) is 23.1. The first-order valence-electron chi connectivity index (χ1n) is 7.48. The third-order valence-electron chi connectivity index (χ3n) is 4.15. The highest BCUT2D eigenvalue weighted by Crippen LogP contribution is 2.27. The van der Waals surface area contributed by atoms with Crippen LogP contribution in [0, 0.1) is 5.82 Å². The van der Waals surface area contributed by atoms with E-state index in [-0.39, 0.29) is 11.9 Å². The number of piperidine rings is 1. The van der Waals surface area contributed by atoms with Crippen LogP contribution < -0.4 is 5.73 Å². The Labute approximate surface area is 125 Å². The van der Waals surface area contributed by atoms with Gasteiger partial charge in [0, 0.05) is 25.7 Å². The highest BCUT2D eigenvalue weighted by atomic mass is 19.1. The number of likely N-dealkylation sites (tertiary alicyclic amines) is 1. The zero-order valence-corrected chi connectivity index (χ0v) is 12.1. The van der Waals surface area contributed by atoms with Gasteiger partial charge in [-0.05, 0) is 35.6 Å². The van der Waals surface area contributed by atoms with Crippen molar-refractivity contribution in [3.05, 3.63) is 71.5 Å². The first-order valence-corrected chi connectivity index (χ1v) is 7.48. The molecule has 0 bridgehead atoms. The number of benzene rings is 2. The van der Waals surface area contributed by atoms with Crippen LogP contribution in [0.15, 0.2) is 54.6 Å². The summed E-state index contributed by atoms with van der Waals surface area (Å²) in [5.74, 6) is 0.207. The molecule has 2 nitrogen and oxygen atoms in total. The van der Waals surface area contributed by atoms with E-state index >= 15 is 0 Å². The zero-order chi connectivity index (χ0) is 14.7. The summed E-state index contributed by atoms with van der Waals surface area (Å²) in [5, 5.41) is 0. The molecule has 0 saturated carbocycles. The van der Waals surface area contributed by atoms with E-state index in [0.29, 0.717) is 5.92 Å². The van der Waals surface area contributed by atoms with Gasteiger partial charge in [-0.25, -0.2) is 4.39 Å². The molecule has 1 aliphatic heterocycles. The lowest BCUT2D eigenvalue weighted by molar-refractivity contribution is 0.181. The molecule has 2 aromatic rings. The number of halogens is 1. The van der Waals surface area contributed by atoms with Gasteiger partial charge in [0.1, 0.15) is 5.82 Å². The minimum absolute atomic E-state index is 0.178. The van der Waals surface area contributed by atoms with Crippen molar-refractivity contribution in [1.82, 2.24) is 4.90 Å². The van der Waals surface area contributed by atoms with Gasteiger partial charge in [-0.15, -0.1) is 0 Å². The van der Waals surface area contributed by atoms with Crippen LogP contribution in [0.25, 0.3) is 0 Å². The van der Waals surface area contributed by atoms with Gasteiger partial charge in [-0.2, -0.15) is 0 Å². The molecule has 2 atom stereocenters. The number of nitrogens with two attached hydrogens (primary N) is 1. The molecule has 1 aliphatic rings. The highest BCUT2D eigenvalue weighted by Gasteiger charge is 2.26. The van der Waals surface area contributed by atoms with Crippen LogP contribution in [-0.4, -0.2) is 24.0 Å². The lowest BCUT2D eigenvalue weighted by Crippen LogP contribution is -2.45. The fraction of sp³-hybridized carbons (Fsp3) is 0.333. The van der Waals surface area contributed by atoms with Crippen molar-refractivity contribution in [2.24, 2.45) is 5.73 Å². The SMILES string of the molecule is NC1CC(c2ccc(F)cc2)CN(Cc2ccccc2)C1. The van der Waals surface area contributed by atoms with E-state index in [9.17, 15) is 4.39 Å². The minimum atomic E-state index is -0.181. The Balaban J connectivity index is 1.71. The number of hydrogen-bond acceptors (Lipinski definition) is 2. The predicted molar refractivity (Wildman–Crippen MR) is 83.5 cm³/mol. The van der Waals surface area contributed by atoms with Crippen LogP contribution in [0.1, 0.15) is 23.5 Å². The van der Waals surface area contributed by atoms with E-state index in [1.165, 1.54) is 23.3 Å². The standard InChI is InChI=1S/C18H21FN2/c19-17-8-6-15(7-9-17)16-10-18(20)13-21(12-16)11-14-4-2-1-3-5-14/h1-9,16,18H,10-13,20H2. The molecule has 1 fully saturated rings. The van der Waals surface area contributed by atoms with Gasteiger partial charge in [-0.3, -0.25) is 4.90 Å². The lowest BCUT2D eigenvalue weighted by atomic mass is 9.88. The quantitative estimate of drug-likeness (QED) is 0.938. The molecule has 0 spiro atoms. The number of rotatable bonds is 3. The van der Waals surface area contributed by atoms with Crippen LogP contribution in [0.5, 0.6) is 0 Å². The maximum Gasteiger partial charge on any atom is 0.123 e. The monoisotopic (exact) mass is 284 g/mol. The second kappa shape index (κ2) is 6.37. The molecule has 110 valence electrons. The molecule has 1 saturated heterocycles. The molecule has 0 amide bonds. The van der Waals surface area contributed by atoms with E-state index in [0.717, 1.165) is 26.1 Å². The van der Waals surface area contributed by atoms with Crippen LogP contribution in [-0.2, 0) is 6.54 Å². The van der Waals surface area contributed by atoms with Crippen molar-refractivity contribution in [2.75, 3.05) is 13.1 Å². The van der Waals surface area contributed by atoms with Gasteiger partial charge in [0.2, 0.25) is 0 Å². The summed E-state index contributed by atoms with van der Waals surface area (Å²) >= 11 is 0. The molecule has 3 rings (SSSR count). The van der Waals surface area contributed by atoms with Gasteiger partial charge in [0.15, 0.2) is 0 Å². The fourth-order valence-corrected chi connectivity index (χ4v) is 3.18. The Morgan fingerprint density at radius 1 is 1.00 bits per heavy atom. The second-order valence-electron chi connectivity index (χ2n) is 5.92. The predicted octanol–water partition coefficient (Wildman–Crippen LogP) is 3.14. The Morgan fingerprint density at radius 3 is 2.43 bits per heavy atom. The van der Waals surface area contributed by atoms with Gasteiger partial charge >= 0.3 is 0 Å². The minimum Gasteiger partial charge on any atom is -0.327 e. The third kappa shape index (κ3) is 3.69. The Kier molecular flexibility index (Phi) is 4.32. The molecule has 1 heterocycles. The molecular formula is C18H21FN2. The lowest BCUT2D eigenvalue weighted by Gasteiger charge is -2.36. The van der Waals surface area contributed by atoms with Crippen LogP contribution >= 0.6 is 0 Å². The summed E-state index contributed by atoms with van der Waals surface area (Å²) < 4.78 is 13.1. The summed E-state index contributed by atoms with van der Waals surface area (Å²) in [6, 6.07) is 17.5. The average Bonchev–Trinajstić information content (AvgIpc) is 2.48. The van der Waals surface area contributed by atoms with E-state index < -0.39 is 0 Å². The Morgan fingerprint density at radius 2 is 1.71 bits per heavy atom. The van der Waals surface area contributed by atoms with Gasteiger partial charge in [-0.1, -0.05) is 42.5 Å². The van der Waals surface area contributed by atoms with Crippen molar-refractivity contribution >= 4 is 0 Å². The van der Waals surface area contributed by atoms with Gasteiger partial charge in [0.05, 0.1) is 0 Å². The van der Waals surface area contributed by atoms with Crippen molar-refractivity contribution in [2.45, 2.75) is 24.9 Å². The number of nitrogens with zero attached hydrogens (tertiary/aromatic N) is 1. The maximum atomic E-state index is 13.1. The molecule has 3 heteroatoms. The summed E-state index contributed by atoms with van der Waals surface area (Å²) in [7, 11) is 0. The fourth-order valence-electron chi connectivity index (χ4n) is 3.18. The van der Waals surface area contributed by atoms with Gasteiger partial charge < -0.3 is 5.73 Å². The topological polar surface area (TPSA) is 29.3 Å². The van der Waals surface area contributed by atoms with Crippen LogP contribution in [0.4, 0.5) is 4.39 Å². The zero-order valence-electron chi connectivity index (χ0n) is 12.1. The summed E-state index contributed by atoms with van der Waals surface area (Å²) in [4.78, 5) is 2.40. The Hall–Kier alpha value is -1.71. The molecule has 21 heavy (non-hydrogen) atoms. The van der Waals surface area contributed by atoms with E-state index in [1.807, 2.05) is 18.2 Å². The van der Waals surface area contributed by atoms with Crippen molar-refractivity contribution < 1.29 is 4.39 Å². The maximum absolute atomic E-state index is 13.1. The molecule has 2 unspecified atom stereocenters. The molecular weight excluding hydrogens is 263 g/mol. The number of hydrogen-bond donors (Lipinski definition) is 1. The molecule has 2 N–H and O–H groups in total. The first-order chi connectivity index (χ1) is 10.2. The van der Waals surface area contributed by atoms with E-state index in [2.05, 4.69) is 29.2 Å². The largest absolute Gasteiger partial charge is 0.327 e. The second-order valence-corrected chi connectivity index (χ2v) is 5.92. The molecule has 0 radical (unpaired) electrons.